The normalized spacial score (nSPS) is 10.5. The molecule has 1 aromatic carbocycles. The van der Waals surface area contributed by atoms with Crippen LogP contribution in [0.1, 0.15) is 23.0 Å². The molecule has 1 nitrogen and oxygen atoms in total. The summed E-state index contributed by atoms with van der Waals surface area (Å²) >= 11 is 3.57. The van der Waals surface area contributed by atoms with Gasteiger partial charge in [0.25, 0.3) is 0 Å². The number of carbonyl (C=O) groups excluding carboxylic acids is 1. The number of carbonyl (C=O) groups is 1. The van der Waals surface area contributed by atoms with E-state index in [4.69, 9.17) is 0 Å². The average molecular weight is 360 g/mol. The molecule has 0 saturated heterocycles. The van der Waals surface area contributed by atoms with Gasteiger partial charge in [-0.2, -0.15) is 0 Å². The minimum atomic E-state index is -0.237. The quantitative estimate of drug-likeness (QED) is 0.570. The Morgan fingerprint density at radius 1 is 1.35 bits per heavy atom. The summed E-state index contributed by atoms with van der Waals surface area (Å²) in [6.45, 7) is 1.85. The number of halogens is 2. The second-order valence-corrected chi connectivity index (χ2v) is 5.81. The molecule has 0 N–H and O–H groups in total. The van der Waals surface area contributed by atoms with Crippen LogP contribution in [0.4, 0.5) is 4.39 Å². The third kappa shape index (κ3) is 2.74. The van der Waals surface area contributed by atoms with E-state index < -0.39 is 0 Å². The summed E-state index contributed by atoms with van der Waals surface area (Å²) in [5, 5.41) is 0. The van der Waals surface area contributed by atoms with Gasteiger partial charge in [-0.1, -0.05) is 6.92 Å². The first-order valence-corrected chi connectivity index (χ1v) is 7.09. The smallest absolute Gasteiger partial charge is 0.172 e. The monoisotopic (exact) mass is 360 g/mol. The standard InChI is InChI=1S/C13H10FIOS/c1-2-11(16)13-6-5-12(17-13)9-4-3-8(14)7-10(9)15/h3-7H,2H2,1H3. The Balaban J connectivity index is 2.40. The zero-order valence-electron chi connectivity index (χ0n) is 9.17. The molecular formula is C13H10FIOS. The van der Waals surface area contributed by atoms with E-state index in [1.807, 2.05) is 19.1 Å². The van der Waals surface area contributed by atoms with Crippen LogP contribution in [0.3, 0.4) is 0 Å². The van der Waals surface area contributed by atoms with Crippen LogP contribution < -0.4 is 0 Å². The first kappa shape index (κ1) is 12.7. The molecule has 0 aliphatic carbocycles. The molecule has 0 spiro atoms. The van der Waals surface area contributed by atoms with E-state index in [1.165, 1.54) is 23.5 Å². The van der Waals surface area contributed by atoms with Gasteiger partial charge in [-0.15, -0.1) is 11.3 Å². The van der Waals surface area contributed by atoms with Crippen molar-refractivity contribution >= 4 is 39.7 Å². The van der Waals surface area contributed by atoms with Gasteiger partial charge in [0.2, 0.25) is 0 Å². The second-order valence-electron chi connectivity index (χ2n) is 3.56. The minimum Gasteiger partial charge on any atom is -0.293 e. The molecule has 0 amide bonds. The lowest BCUT2D eigenvalue weighted by molar-refractivity contribution is 0.0992. The molecule has 17 heavy (non-hydrogen) atoms. The van der Waals surface area contributed by atoms with E-state index >= 15 is 0 Å². The summed E-state index contributed by atoms with van der Waals surface area (Å²) in [6.07, 6.45) is 0.514. The van der Waals surface area contributed by atoms with E-state index in [2.05, 4.69) is 22.6 Å². The Morgan fingerprint density at radius 2 is 2.12 bits per heavy atom. The van der Waals surface area contributed by atoms with Gasteiger partial charge in [0.15, 0.2) is 5.78 Å². The minimum absolute atomic E-state index is 0.151. The fraction of sp³-hybridized carbons (Fsp3) is 0.154. The van der Waals surface area contributed by atoms with E-state index in [0.29, 0.717) is 6.42 Å². The molecule has 0 aliphatic rings. The Kier molecular flexibility index (Phi) is 3.93. The summed E-state index contributed by atoms with van der Waals surface area (Å²) in [7, 11) is 0. The fourth-order valence-corrected chi connectivity index (χ4v) is 3.50. The maximum absolute atomic E-state index is 13.0. The highest BCUT2D eigenvalue weighted by Crippen LogP contribution is 2.32. The number of rotatable bonds is 3. The molecular weight excluding hydrogens is 350 g/mol. The van der Waals surface area contributed by atoms with Crippen molar-refractivity contribution < 1.29 is 9.18 Å². The molecule has 1 heterocycles. The molecule has 4 heteroatoms. The molecule has 0 bridgehead atoms. The van der Waals surface area contributed by atoms with Crippen LogP contribution in [-0.2, 0) is 0 Å². The first-order chi connectivity index (χ1) is 8.11. The van der Waals surface area contributed by atoms with Gasteiger partial charge in [-0.3, -0.25) is 4.79 Å². The third-order valence-corrected chi connectivity index (χ3v) is 4.45. The van der Waals surface area contributed by atoms with Crippen LogP contribution in [0, 0.1) is 9.39 Å². The predicted molar refractivity (Wildman–Crippen MR) is 77.1 cm³/mol. The highest BCUT2D eigenvalue weighted by molar-refractivity contribution is 14.1. The first-order valence-electron chi connectivity index (χ1n) is 5.20. The Morgan fingerprint density at radius 3 is 2.76 bits per heavy atom. The zero-order chi connectivity index (χ0) is 12.4. The van der Waals surface area contributed by atoms with Gasteiger partial charge in [0, 0.05) is 20.4 Å². The van der Waals surface area contributed by atoms with Crippen LogP contribution in [-0.4, -0.2) is 5.78 Å². The Bertz CT molecular complexity index is 562. The van der Waals surface area contributed by atoms with Crippen molar-refractivity contribution in [3.05, 3.63) is 44.6 Å². The number of hydrogen-bond acceptors (Lipinski definition) is 2. The Labute approximate surface area is 117 Å². The van der Waals surface area contributed by atoms with Crippen LogP contribution in [0.15, 0.2) is 30.3 Å². The topological polar surface area (TPSA) is 17.1 Å². The summed E-state index contributed by atoms with van der Waals surface area (Å²) in [6, 6.07) is 8.45. The lowest BCUT2D eigenvalue weighted by Gasteiger charge is -2.01. The number of thiophene rings is 1. The van der Waals surface area contributed by atoms with E-state index in [9.17, 15) is 9.18 Å². The number of hydrogen-bond donors (Lipinski definition) is 0. The van der Waals surface area contributed by atoms with Crippen molar-refractivity contribution in [2.24, 2.45) is 0 Å². The van der Waals surface area contributed by atoms with Crippen molar-refractivity contribution in [3.8, 4) is 10.4 Å². The zero-order valence-corrected chi connectivity index (χ0v) is 12.1. The van der Waals surface area contributed by atoms with Gasteiger partial charge in [-0.05, 0) is 52.9 Å². The fourth-order valence-electron chi connectivity index (χ4n) is 1.50. The second kappa shape index (κ2) is 5.27. The summed E-state index contributed by atoms with van der Waals surface area (Å²) in [5.41, 5.74) is 0.979. The summed E-state index contributed by atoms with van der Waals surface area (Å²) < 4.78 is 13.9. The van der Waals surface area contributed by atoms with Gasteiger partial charge in [-0.25, -0.2) is 4.39 Å². The summed E-state index contributed by atoms with van der Waals surface area (Å²) in [5.74, 6) is -0.0852. The number of benzene rings is 1. The molecule has 0 atom stereocenters. The molecule has 1 aromatic heterocycles. The maximum Gasteiger partial charge on any atom is 0.172 e. The number of Topliss-reactive ketones (excluding diaryl/α,β-unsaturated/α-hetero) is 1. The van der Waals surface area contributed by atoms with Crippen molar-refractivity contribution in [3.63, 3.8) is 0 Å². The average Bonchev–Trinajstić information content (AvgIpc) is 2.77. The lowest BCUT2D eigenvalue weighted by Crippen LogP contribution is -1.90. The van der Waals surface area contributed by atoms with Crippen molar-refractivity contribution in [2.75, 3.05) is 0 Å². The molecule has 0 fully saturated rings. The highest BCUT2D eigenvalue weighted by Gasteiger charge is 2.10. The van der Waals surface area contributed by atoms with Crippen LogP contribution in [0.25, 0.3) is 10.4 Å². The van der Waals surface area contributed by atoms with E-state index in [-0.39, 0.29) is 11.6 Å². The molecule has 2 aromatic rings. The predicted octanol–water partition coefficient (Wildman–Crippen LogP) is 4.75. The molecule has 88 valence electrons. The van der Waals surface area contributed by atoms with Crippen molar-refractivity contribution in [1.29, 1.82) is 0 Å². The van der Waals surface area contributed by atoms with Crippen LogP contribution in [0.2, 0.25) is 0 Å². The van der Waals surface area contributed by atoms with Crippen molar-refractivity contribution in [1.82, 2.24) is 0 Å². The van der Waals surface area contributed by atoms with E-state index in [1.54, 1.807) is 6.07 Å². The van der Waals surface area contributed by atoms with Gasteiger partial charge in [0.05, 0.1) is 4.88 Å². The molecule has 2 rings (SSSR count). The van der Waals surface area contributed by atoms with Gasteiger partial charge >= 0.3 is 0 Å². The van der Waals surface area contributed by atoms with Gasteiger partial charge in [0.1, 0.15) is 5.82 Å². The largest absolute Gasteiger partial charge is 0.293 e. The summed E-state index contributed by atoms with van der Waals surface area (Å²) in [4.78, 5) is 13.3. The molecule has 0 unspecified atom stereocenters. The molecule has 0 aliphatic heterocycles. The Hall–Kier alpha value is -0.750. The maximum atomic E-state index is 13.0. The molecule has 0 radical (unpaired) electrons. The van der Waals surface area contributed by atoms with Crippen LogP contribution >= 0.6 is 33.9 Å². The molecule has 0 saturated carbocycles. The van der Waals surface area contributed by atoms with Crippen LogP contribution in [0.5, 0.6) is 0 Å². The van der Waals surface area contributed by atoms with E-state index in [0.717, 1.165) is 18.9 Å². The number of ketones is 1. The third-order valence-electron chi connectivity index (χ3n) is 2.40. The van der Waals surface area contributed by atoms with Gasteiger partial charge < -0.3 is 0 Å². The SMILES string of the molecule is CCC(=O)c1ccc(-c2ccc(F)cc2I)s1. The van der Waals surface area contributed by atoms with Crippen molar-refractivity contribution in [2.45, 2.75) is 13.3 Å². The lowest BCUT2D eigenvalue weighted by atomic mass is 10.2. The highest BCUT2D eigenvalue weighted by atomic mass is 127.